The van der Waals surface area contributed by atoms with Crippen molar-refractivity contribution in [2.75, 3.05) is 19.0 Å². The molecule has 0 aliphatic carbocycles. The van der Waals surface area contributed by atoms with Crippen molar-refractivity contribution >= 4 is 23.4 Å². The molecule has 0 spiro atoms. The first-order chi connectivity index (χ1) is 8.58. The Morgan fingerprint density at radius 2 is 2.33 bits per heavy atom. The molecule has 0 saturated carbocycles. The summed E-state index contributed by atoms with van der Waals surface area (Å²) in [7, 11) is 1.61. The third-order valence-corrected chi connectivity index (χ3v) is 2.65. The normalized spacial score (nSPS) is 12.2. The molecule has 1 heterocycles. The van der Waals surface area contributed by atoms with Crippen molar-refractivity contribution in [2.24, 2.45) is 0 Å². The van der Waals surface area contributed by atoms with Gasteiger partial charge in [-0.2, -0.15) is 0 Å². The summed E-state index contributed by atoms with van der Waals surface area (Å²) in [4.78, 5) is 15.1. The maximum atomic E-state index is 11.1. The molecule has 0 fully saturated rings. The number of carboxylic acids is 1. The van der Waals surface area contributed by atoms with Gasteiger partial charge in [0.25, 0.3) is 0 Å². The van der Waals surface area contributed by atoms with E-state index >= 15 is 0 Å². The van der Waals surface area contributed by atoms with E-state index < -0.39 is 5.97 Å². The summed E-state index contributed by atoms with van der Waals surface area (Å²) in [6.45, 7) is 2.54. The van der Waals surface area contributed by atoms with Crippen LogP contribution < -0.4 is 5.32 Å². The third-order valence-electron chi connectivity index (χ3n) is 2.44. The number of hydrogen-bond acceptors (Lipinski definition) is 4. The van der Waals surface area contributed by atoms with Crippen LogP contribution in [0, 0.1) is 0 Å². The first-order valence-corrected chi connectivity index (χ1v) is 6.11. The van der Waals surface area contributed by atoms with Gasteiger partial charge in [-0.1, -0.05) is 24.9 Å². The summed E-state index contributed by atoms with van der Waals surface area (Å²) in [6, 6.07) is 2.92. The van der Waals surface area contributed by atoms with Crippen LogP contribution in [0.3, 0.4) is 0 Å². The standard InChI is InChI=1S/C12H17ClN2O3/c1-3-4-8(7-18-2)14-11-9(12(16)17)5-6-10(13)15-11/h5-6,8H,3-4,7H2,1-2H3,(H,14,15)(H,16,17). The van der Waals surface area contributed by atoms with Crippen molar-refractivity contribution in [1.29, 1.82) is 0 Å². The van der Waals surface area contributed by atoms with Gasteiger partial charge in [0.2, 0.25) is 0 Å². The number of halogens is 1. The first-order valence-electron chi connectivity index (χ1n) is 5.73. The molecular formula is C12H17ClN2O3. The molecule has 0 amide bonds. The molecule has 0 bridgehead atoms. The highest BCUT2D eigenvalue weighted by Crippen LogP contribution is 2.18. The van der Waals surface area contributed by atoms with Crippen LogP contribution in [0.1, 0.15) is 30.1 Å². The predicted molar refractivity (Wildman–Crippen MR) is 70.4 cm³/mol. The van der Waals surface area contributed by atoms with E-state index in [1.54, 1.807) is 7.11 Å². The molecule has 18 heavy (non-hydrogen) atoms. The van der Waals surface area contributed by atoms with E-state index in [9.17, 15) is 4.79 Å². The fourth-order valence-corrected chi connectivity index (χ4v) is 1.81. The van der Waals surface area contributed by atoms with E-state index in [2.05, 4.69) is 10.3 Å². The Labute approximate surface area is 111 Å². The van der Waals surface area contributed by atoms with Gasteiger partial charge in [-0.05, 0) is 18.6 Å². The molecule has 100 valence electrons. The molecular weight excluding hydrogens is 256 g/mol. The van der Waals surface area contributed by atoms with Gasteiger partial charge in [0.15, 0.2) is 0 Å². The summed E-state index contributed by atoms with van der Waals surface area (Å²) >= 11 is 5.78. The van der Waals surface area contributed by atoms with Crippen LogP contribution in [0.15, 0.2) is 12.1 Å². The van der Waals surface area contributed by atoms with E-state index in [0.717, 1.165) is 12.8 Å². The van der Waals surface area contributed by atoms with E-state index in [-0.39, 0.29) is 22.6 Å². The SMILES string of the molecule is CCCC(COC)Nc1nc(Cl)ccc1C(=O)O. The number of aromatic carboxylic acids is 1. The number of anilines is 1. The fourth-order valence-electron chi connectivity index (χ4n) is 1.66. The summed E-state index contributed by atoms with van der Waals surface area (Å²) < 4.78 is 5.09. The lowest BCUT2D eigenvalue weighted by molar-refractivity contribution is 0.0697. The Bertz CT molecular complexity index is 406. The quantitative estimate of drug-likeness (QED) is 0.747. The van der Waals surface area contributed by atoms with Crippen LogP contribution in [0.25, 0.3) is 0 Å². The Morgan fingerprint density at radius 1 is 1.61 bits per heavy atom. The second kappa shape index (κ2) is 7.18. The lowest BCUT2D eigenvalue weighted by Gasteiger charge is -2.19. The van der Waals surface area contributed by atoms with Gasteiger partial charge in [-0.3, -0.25) is 0 Å². The van der Waals surface area contributed by atoms with E-state index in [1.165, 1.54) is 12.1 Å². The van der Waals surface area contributed by atoms with Crippen LogP contribution >= 0.6 is 11.6 Å². The van der Waals surface area contributed by atoms with Crippen LogP contribution in [0.4, 0.5) is 5.82 Å². The second-order valence-electron chi connectivity index (χ2n) is 3.92. The fraction of sp³-hybridized carbons (Fsp3) is 0.500. The molecule has 1 aromatic heterocycles. The zero-order chi connectivity index (χ0) is 13.5. The number of nitrogens with zero attached hydrogens (tertiary/aromatic N) is 1. The van der Waals surface area contributed by atoms with Crippen molar-refractivity contribution in [1.82, 2.24) is 4.98 Å². The van der Waals surface area contributed by atoms with Gasteiger partial charge in [0.05, 0.1) is 12.6 Å². The predicted octanol–water partition coefficient (Wildman–Crippen LogP) is 2.66. The molecule has 1 rings (SSSR count). The van der Waals surface area contributed by atoms with Crippen LogP contribution in [0.2, 0.25) is 5.15 Å². The molecule has 1 atom stereocenters. The lowest BCUT2D eigenvalue weighted by Crippen LogP contribution is -2.26. The maximum Gasteiger partial charge on any atom is 0.339 e. The van der Waals surface area contributed by atoms with Gasteiger partial charge < -0.3 is 15.2 Å². The molecule has 1 unspecified atom stereocenters. The number of pyridine rings is 1. The molecule has 2 N–H and O–H groups in total. The molecule has 0 aromatic carbocycles. The Morgan fingerprint density at radius 3 is 2.89 bits per heavy atom. The summed E-state index contributed by atoms with van der Waals surface area (Å²) in [6.07, 6.45) is 1.82. The highest BCUT2D eigenvalue weighted by molar-refractivity contribution is 6.29. The Kier molecular flexibility index (Phi) is 5.88. The topological polar surface area (TPSA) is 71.5 Å². The number of carbonyl (C=O) groups is 1. The number of hydrogen-bond donors (Lipinski definition) is 2. The van der Waals surface area contributed by atoms with Gasteiger partial charge in [0, 0.05) is 7.11 Å². The number of ether oxygens (including phenoxy) is 1. The molecule has 5 nitrogen and oxygen atoms in total. The van der Waals surface area contributed by atoms with E-state index in [4.69, 9.17) is 21.4 Å². The van der Waals surface area contributed by atoms with Gasteiger partial charge in [-0.25, -0.2) is 9.78 Å². The number of nitrogens with one attached hydrogen (secondary N) is 1. The Hall–Kier alpha value is -1.33. The van der Waals surface area contributed by atoms with Gasteiger partial charge in [0.1, 0.15) is 16.5 Å². The summed E-state index contributed by atoms with van der Waals surface area (Å²) in [5.41, 5.74) is 0.108. The van der Waals surface area contributed by atoms with Crippen molar-refractivity contribution in [3.63, 3.8) is 0 Å². The highest BCUT2D eigenvalue weighted by Gasteiger charge is 2.15. The van der Waals surface area contributed by atoms with Crippen molar-refractivity contribution in [2.45, 2.75) is 25.8 Å². The second-order valence-corrected chi connectivity index (χ2v) is 4.31. The van der Waals surface area contributed by atoms with Crippen LogP contribution in [-0.2, 0) is 4.74 Å². The van der Waals surface area contributed by atoms with Gasteiger partial charge >= 0.3 is 5.97 Å². The first kappa shape index (κ1) is 14.7. The average molecular weight is 273 g/mol. The number of aromatic nitrogens is 1. The molecule has 6 heteroatoms. The zero-order valence-corrected chi connectivity index (χ0v) is 11.2. The number of carboxylic acid groups (broad SMARTS) is 1. The van der Waals surface area contributed by atoms with E-state index in [1.807, 2.05) is 6.92 Å². The average Bonchev–Trinajstić information content (AvgIpc) is 2.29. The van der Waals surface area contributed by atoms with Gasteiger partial charge in [-0.15, -0.1) is 0 Å². The van der Waals surface area contributed by atoms with Crippen molar-refractivity contribution < 1.29 is 14.6 Å². The number of rotatable bonds is 7. The molecule has 0 aliphatic rings. The van der Waals surface area contributed by atoms with Crippen LogP contribution in [-0.4, -0.2) is 35.8 Å². The number of methoxy groups -OCH3 is 1. The summed E-state index contributed by atoms with van der Waals surface area (Å²) in [5, 5.41) is 12.4. The molecule has 1 aromatic rings. The van der Waals surface area contributed by atoms with Crippen molar-refractivity contribution in [3.05, 3.63) is 22.8 Å². The molecule has 0 saturated heterocycles. The summed E-state index contributed by atoms with van der Waals surface area (Å²) in [5.74, 6) is -0.750. The minimum atomic E-state index is -1.03. The monoisotopic (exact) mass is 272 g/mol. The van der Waals surface area contributed by atoms with Crippen LogP contribution in [0.5, 0.6) is 0 Å². The lowest BCUT2D eigenvalue weighted by atomic mass is 10.1. The Balaban J connectivity index is 2.92. The third kappa shape index (κ3) is 4.16. The minimum absolute atomic E-state index is 0.0177. The largest absolute Gasteiger partial charge is 0.478 e. The molecule has 0 aliphatic heterocycles. The maximum absolute atomic E-state index is 11.1. The smallest absolute Gasteiger partial charge is 0.339 e. The van der Waals surface area contributed by atoms with Crippen molar-refractivity contribution in [3.8, 4) is 0 Å². The minimum Gasteiger partial charge on any atom is -0.478 e. The highest BCUT2D eigenvalue weighted by atomic mass is 35.5. The molecule has 0 radical (unpaired) electrons. The van der Waals surface area contributed by atoms with E-state index in [0.29, 0.717) is 6.61 Å². The zero-order valence-electron chi connectivity index (χ0n) is 10.4.